The maximum atomic E-state index is 13.1. The molecular weight excluding hydrogens is 197 g/mol. The number of nitrogens with two attached hydrogens (primary N) is 1. The first-order chi connectivity index (χ1) is 7.09. The average molecular weight is 209 g/mol. The molecule has 15 heavy (non-hydrogen) atoms. The van der Waals surface area contributed by atoms with Crippen LogP contribution in [0.25, 0.3) is 0 Å². The number of benzene rings is 1. The Kier molecular flexibility index (Phi) is 3.61. The molecule has 0 aliphatic heterocycles. The first-order valence-corrected chi connectivity index (χ1v) is 4.26. The van der Waals surface area contributed by atoms with Gasteiger partial charge in [0, 0.05) is 12.1 Å². The fraction of sp³-hybridized carbons (Fsp3) is 0.111. The van der Waals surface area contributed by atoms with E-state index in [0.29, 0.717) is 5.56 Å². The van der Waals surface area contributed by atoms with Crippen LogP contribution in [-0.4, -0.2) is 11.9 Å². The van der Waals surface area contributed by atoms with Gasteiger partial charge in [0.25, 0.3) is 0 Å². The van der Waals surface area contributed by atoms with Gasteiger partial charge in [-0.1, -0.05) is 18.2 Å². The van der Waals surface area contributed by atoms with Crippen molar-refractivity contribution < 1.29 is 4.39 Å². The monoisotopic (exact) mass is 209 g/mol. The van der Waals surface area contributed by atoms with E-state index in [0.717, 1.165) is 0 Å². The second kappa shape index (κ2) is 4.94. The van der Waals surface area contributed by atoms with Crippen LogP contribution in [0.3, 0.4) is 0 Å². The van der Waals surface area contributed by atoms with Crippen molar-refractivity contribution in [2.45, 2.75) is 6.54 Å². The van der Waals surface area contributed by atoms with Gasteiger partial charge in [-0.2, -0.15) is 0 Å². The summed E-state index contributed by atoms with van der Waals surface area (Å²) in [4.78, 5) is 0. The molecule has 1 aromatic rings. The molecule has 0 bridgehead atoms. The van der Waals surface area contributed by atoms with E-state index in [4.69, 9.17) is 16.6 Å². The van der Waals surface area contributed by atoms with E-state index in [9.17, 15) is 4.39 Å². The molecule has 1 aromatic carbocycles. The van der Waals surface area contributed by atoms with Crippen LogP contribution in [-0.2, 0) is 6.54 Å². The van der Waals surface area contributed by atoms with Crippen molar-refractivity contribution in [3.05, 3.63) is 35.6 Å². The molecule has 0 fully saturated rings. The molecule has 0 spiro atoms. The SMILES string of the molecule is N=C(N)NC(=N)NCc1ccccc1F. The van der Waals surface area contributed by atoms with Gasteiger partial charge in [-0.15, -0.1) is 0 Å². The van der Waals surface area contributed by atoms with Crippen molar-refractivity contribution in [1.29, 1.82) is 10.8 Å². The minimum absolute atomic E-state index is 0.134. The van der Waals surface area contributed by atoms with E-state index in [1.165, 1.54) is 6.07 Å². The lowest BCUT2D eigenvalue weighted by Crippen LogP contribution is -2.43. The maximum Gasteiger partial charge on any atom is 0.195 e. The van der Waals surface area contributed by atoms with Crippen molar-refractivity contribution in [2.24, 2.45) is 5.73 Å². The fourth-order valence-electron chi connectivity index (χ4n) is 1.00. The zero-order valence-electron chi connectivity index (χ0n) is 7.97. The molecule has 80 valence electrons. The highest BCUT2D eigenvalue weighted by Crippen LogP contribution is 2.04. The van der Waals surface area contributed by atoms with E-state index in [1.54, 1.807) is 18.2 Å². The smallest absolute Gasteiger partial charge is 0.195 e. The van der Waals surface area contributed by atoms with Crippen LogP contribution in [0.5, 0.6) is 0 Å². The Hall–Kier alpha value is -2.11. The predicted octanol–water partition coefficient (Wildman–Crippen LogP) is 0.333. The lowest BCUT2D eigenvalue weighted by Gasteiger charge is -2.09. The summed E-state index contributed by atoms with van der Waals surface area (Å²) in [5.41, 5.74) is 5.46. The number of hydrogen-bond donors (Lipinski definition) is 5. The van der Waals surface area contributed by atoms with Crippen LogP contribution in [0.15, 0.2) is 24.3 Å². The Bertz CT molecular complexity index is 377. The fourth-order valence-corrected chi connectivity index (χ4v) is 1.00. The number of nitrogens with one attached hydrogen (secondary N) is 4. The van der Waals surface area contributed by atoms with Crippen molar-refractivity contribution in [3.63, 3.8) is 0 Å². The molecule has 0 heterocycles. The third-order valence-electron chi connectivity index (χ3n) is 1.67. The number of halogens is 1. The van der Waals surface area contributed by atoms with Gasteiger partial charge >= 0.3 is 0 Å². The highest BCUT2D eigenvalue weighted by atomic mass is 19.1. The van der Waals surface area contributed by atoms with Gasteiger partial charge < -0.3 is 11.1 Å². The molecule has 0 aromatic heterocycles. The Morgan fingerprint density at radius 3 is 2.60 bits per heavy atom. The third-order valence-corrected chi connectivity index (χ3v) is 1.67. The molecule has 6 heteroatoms. The summed E-state index contributed by atoms with van der Waals surface area (Å²) in [6, 6.07) is 6.27. The summed E-state index contributed by atoms with van der Waals surface area (Å²) in [5.74, 6) is -0.799. The van der Waals surface area contributed by atoms with Crippen molar-refractivity contribution in [1.82, 2.24) is 10.6 Å². The molecule has 5 nitrogen and oxygen atoms in total. The predicted molar refractivity (Wildman–Crippen MR) is 56.0 cm³/mol. The van der Waals surface area contributed by atoms with Crippen LogP contribution in [0.1, 0.15) is 5.56 Å². The van der Waals surface area contributed by atoms with Gasteiger partial charge in [-0.25, -0.2) is 4.39 Å². The van der Waals surface area contributed by atoms with Crippen molar-refractivity contribution in [3.8, 4) is 0 Å². The summed E-state index contributed by atoms with van der Waals surface area (Å²) in [5, 5.41) is 19.0. The van der Waals surface area contributed by atoms with E-state index >= 15 is 0 Å². The lowest BCUT2D eigenvalue weighted by atomic mass is 10.2. The first-order valence-electron chi connectivity index (χ1n) is 4.26. The molecule has 0 amide bonds. The van der Waals surface area contributed by atoms with Crippen LogP contribution < -0.4 is 16.4 Å². The van der Waals surface area contributed by atoms with Gasteiger partial charge in [-0.05, 0) is 6.07 Å². The molecule has 0 saturated carbocycles. The Morgan fingerprint density at radius 1 is 1.33 bits per heavy atom. The highest BCUT2D eigenvalue weighted by Gasteiger charge is 2.01. The van der Waals surface area contributed by atoms with Gasteiger partial charge in [-0.3, -0.25) is 16.1 Å². The zero-order chi connectivity index (χ0) is 11.3. The quantitative estimate of drug-likeness (QED) is 0.358. The van der Waals surface area contributed by atoms with Gasteiger partial charge in [0.2, 0.25) is 0 Å². The molecule has 6 N–H and O–H groups in total. The topological polar surface area (TPSA) is 97.8 Å². The number of guanidine groups is 2. The molecule has 1 rings (SSSR count). The third kappa shape index (κ3) is 3.63. The van der Waals surface area contributed by atoms with Gasteiger partial charge in [0.15, 0.2) is 11.9 Å². The lowest BCUT2D eigenvalue weighted by molar-refractivity contribution is 0.605. The van der Waals surface area contributed by atoms with Crippen LogP contribution in [0, 0.1) is 16.6 Å². The van der Waals surface area contributed by atoms with Gasteiger partial charge in [0.1, 0.15) is 5.82 Å². The van der Waals surface area contributed by atoms with Crippen LogP contribution in [0.2, 0.25) is 0 Å². The molecule has 0 aliphatic carbocycles. The Balaban J connectivity index is 2.47. The summed E-state index contributed by atoms with van der Waals surface area (Å²) in [6.45, 7) is 0.172. The normalized spacial score (nSPS) is 9.40. The van der Waals surface area contributed by atoms with E-state index < -0.39 is 0 Å². The van der Waals surface area contributed by atoms with Crippen LogP contribution in [0.4, 0.5) is 4.39 Å². The molecule has 0 radical (unpaired) electrons. The van der Waals surface area contributed by atoms with Crippen LogP contribution >= 0.6 is 0 Å². The summed E-state index contributed by atoms with van der Waals surface area (Å²) >= 11 is 0. The minimum atomic E-state index is -0.333. The van der Waals surface area contributed by atoms with Gasteiger partial charge in [0.05, 0.1) is 0 Å². The van der Waals surface area contributed by atoms with Crippen molar-refractivity contribution in [2.75, 3.05) is 0 Å². The second-order valence-corrected chi connectivity index (χ2v) is 2.86. The van der Waals surface area contributed by atoms with E-state index in [1.807, 2.05) is 0 Å². The molecule has 0 aliphatic rings. The molecule has 0 unspecified atom stereocenters. The van der Waals surface area contributed by atoms with E-state index in [2.05, 4.69) is 10.6 Å². The number of hydrogen-bond acceptors (Lipinski definition) is 2. The average Bonchev–Trinajstić information content (AvgIpc) is 2.15. The summed E-state index contributed by atoms with van der Waals surface area (Å²) < 4.78 is 13.1. The Morgan fingerprint density at radius 2 is 2.00 bits per heavy atom. The second-order valence-electron chi connectivity index (χ2n) is 2.86. The first kappa shape index (κ1) is 11.0. The largest absolute Gasteiger partial charge is 0.370 e. The maximum absolute atomic E-state index is 13.1. The molecular formula is C9H12FN5. The zero-order valence-corrected chi connectivity index (χ0v) is 7.97. The highest BCUT2D eigenvalue weighted by molar-refractivity contribution is 5.94. The molecule has 0 saturated heterocycles. The summed E-state index contributed by atoms with van der Waals surface area (Å²) in [6.07, 6.45) is 0. The Labute approximate surface area is 86.5 Å². The standard InChI is InChI=1S/C9H12FN5/c10-7-4-2-1-3-6(7)5-14-9(13)15-8(11)12/h1-4H,5H2,(H6,11,12,13,14,15). The van der Waals surface area contributed by atoms with Crippen molar-refractivity contribution >= 4 is 11.9 Å². The minimum Gasteiger partial charge on any atom is -0.370 e. The number of rotatable bonds is 2. The molecule has 0 atom stereocenters. The van der Waals surface area contributed by atoms with E-state index in [-0.39, 0.29) is 24.3 Å². The summed E-state index contributed by atoms with van der Waals surface area (Å²) in [7, 11) is 0.